The van der Waals surface area contributed by atoms with Crippen LogP contribution >= 0.6 is 0 Å². The lowest BCUT2D eigenvalue weighted by Crippen LogP contribution is -2.04. The summed E-state index contributed by atoms with van der Waals surface area (Å²) in [4.78, 5) is 9.40. The van der Waals surface area contributed by atoms with Crippen molar-refractivity contribution in [3.8, 4) is 5.75 Å². The number of nitro benzene ring substituents is 1. The molecule has 2 aromatic rings. The molecule has 0 atom stereocenters. The van der Waals surface area contributed by atoms with Crippen molar-refractivity contribution in [1.82, 2.24) is 0 Å². The largest absolute Gasteiger partial charge is 0.497 e. The van der Waals surface area contributed by atoms with Crippen LogP contribution < -0.4 is 10.1 Å². The van der Waals surface area contributed by atoms with Crippen molar-refractivity contribution in [1.29, 1.82) is 0 Å². The van der Waals surface area contributed by atoms with E-state index in [0.29, 0.717) is 11.4 Å². The summed E-state index contributed by atoms with van der Waals surface area (Å²) in [6, 6.07) is 9.72. The topological polar surface area (TPSA) is 119 Å². The Morgan fingerprint density at radius 1 is 1.18 bits per heavy atom. The van der Waals surface area contributed by atoms with Gasteiger partial charge in [-0.05, 0) is 30.3 Å². The van der Waals surface area contributed by atoms with Crippen molar-refractivity contribution in [2.75, 3.05) is 12.4 Å². The normalized spacial score (nSPS) is 11.0. The van der Waals surface area contributed by atoms with Crippen molar-refractivity contribution < 1.29 is 22.6 Å². The first-order valence-electron chi connectivity index (χ1n) is 5.98. The van der Waals surface area contributed by atoms with Crippen LogP contribution in [0.15, 0.2) is 47.4 Å². The molecule has 2 rings (SSSR count). The molecule has 0 saturated heterocycles. The first kappa shape index (κ1) is 15.7. The summed E-state index contributed by atoms with van der Waals surface area (Å²) in [5, 5.41) is 13.5. The van der Waals surface area contributed by atoms with Gasteiger partial charge in [0.15, 0.2) is 0 Å². The first-order valence-corrected chi connectivity index (χ1v) is 7.42. The van der Waals surface area contributed by atoms with Gasteiger partial charge in [0, 0.05) is 17.8 Å². The van der Waals surface area contributed by atoms with Gasteiger partial charge in [-0.3, -0.25) is 14.7 Å². The number of hydrogen-bond donors (Lipinski definition) is 2. The van der Waals surface area contributed by atoms with E-state index < -0.39 is 25.6 Å². The fourth-order valence-corrected chi connectivity index (χ4v) is 2.44. The Bertz CT molecular complexity index is 802. The van der Waals surface area contributed by atoms with Crippen molar-refractivity contribution in [2.45, 2.75) is 4.90 Å². The summed E-state index contributed by atoms with van der Waals surface area (Å²) in [7, 11) is -3.10. The summed E-state index contributed by atoms with van der Waals surface area (Å²) in [6.45, 7) is 0. The number of non-ortho nitro benzene ring substituents is 1. The molecule has 0 saturated carbocycles. The second kappa shape index (κ2) is 6.00. The van der Waals surface area contributed by atoms with Crippen LogP contribution in [0, 0.1) is 10.1 Å². The summed E-state index contributed by atoms with van der Waals surface area (Å²) in [5.41, 5.74) is 0.116. The van der Waals surface area contributed by atoms with Gasteiger partial charge in [0.2, 0.25) is 0 Å². The number of hydrogen-bond acceptors (Lipinski definition) is 6. The molecule has 0 fully saturated rings. The monoisotopic (exact) mass is 324 g/mol. The van der Waals surface area contributed by atoms with E-state index in [1.165, 1.54) is 13.2 Å². The molecule has 0 heterocycles. The number of nitrogens with one attached hydrogen (secondary N) is 1. The maximum absolute atomic E-state index is 11.4. The van der Waals surface area contributed by atoms with Gasteiger partial charge < -0.3 is 10.1 Å². The molecule has 0 aromatic heterocycles. The molecule has 0 bridgehead atoms. The highest BCUT2D eigenvalue weighted by atomic mass is 32.2. The summed E-state index contributed by atoms with van der Waals surface area (Å²) in [5.74, 6) is 0.615. The molecule has 2 aromatic carbocycles. The van der Waals surface area contributed by atoms with Crippen molar-refractivity contribution in [3.05, 3.63) is 52.6 Å². The molecule has 9 heteroatoms. The molecule has 0 amide bonds. The quantitative estimate of drug-likeness (QED) is 0.493. The Hall–Kier alpha value is -2.65. The third-order valence-corrected chi connectivity index (χ3v) is 3.72. The average Bonchev–Trinajstić information content (AvgIpc) is 2.47. The number of anilines is 2. The van der Waals surface area contributed by atoms with Gasteiger partial charge in [-0.2, -0.15) is 8.42 Å². The Morgan fingerprint density at radius 3 is 2.32 bits per heavy atom. The van der Waals surface area contributed by atoms with Crippen LogP contribution in [0.3, 0.4) is 0 Å². The van der Waals surface area contributed by atoms with Crippen molar-refractivity contribution in [2.24, 2.45) is 0 Å². The number of benzene rings is 2. The van der Waals surface area contributed by atoms with E-state index in [1.54, 1.807) is 24.3 Å². The molecular formula is C13H12N2O6S. The summed E-state index contributed by atoms with van der Waals surface area (Å²) >= 11 is 0. The number of rotatable bonds is 5. The molecule has 0 unspecified atom stereocenters. The van der Waals surface area contributed by atoms with E-state index in [2.05, 4.69) is 5.32 Å². The van der Waals surface area contributed by atoms with Gasteiger partial charge in [0.05, 0.1) is 17.7 Å². The number of methoxy groups -OCH3 is 1. The fraction of sp³-hybridized carbons (Fsp3) is 0.0769. The second-order valence-corrected chi connectivity index (χ2v) is 5.66. The smallest absolute Gasteiger partial charge is 0.296 e. The van der Waals surface area contributed by atoms with Crippen LogP contribution in [0.2, 0.25) is 0 Å². The minimum Gasteiger partial charge on any atom is -0.497 e. The van der Waals surface area contributed by atoms with Crippen LogP contribution in [-0.4, -0.2) is 25.0 Å². The Balaban J connectivity index is 2.43. The lowest BCUT2D eigenvalue weighted by molar-refractivity contribution is -0.385. The molecule has 0 aliphatic heterocycles. The third kappa shape index (κ3) is 3.51. The zero-order valence-electron chi connectivity index (χ0n) is 11.4. The van der Waals surface area contributed by atoms with Crippen LogP contribution in [0.5, 0.6) is 5.75 Å². The average molecular weight is 324 g/mol. The minimum atomic E-state index is -4.61. The molecule has 0 aliphatic rings. The van der Waals surface area contributed by atoms with Gasteiger partial charge in [-0.1, -0.05) is 0 Å². The predicted octanol–water partition coefficient (Wildman–Crippen LogP) is 2.59. The van der Waals surface area contributed by atoms with E-state index in [9.17, 15) is 23.1 Å². The Morgan fingerprint density at radius 2 is 1.82 bits per heavy atom. The number of nitrogens with zero attached hydrogens (tertiary/aromatic N) is 1. The lowest BCUT2D eigenvalue weighted by atomic mass is 10.2. The molecule has 0 radical (unpaired) electrons. The standard InChI is InChI=1S/C13H12N2O6S/c1-21-11-5-2-9(3-6-11)14-12-7-4-10(15(16)17)8-13(12)22(18,19)20/h2-8,14H,1H3,(H,18,19,20). The van der Waals surface area contributed by atoms with Gasteiger partial charge in [0.25, 0.3) is 15.8 Å². The van der Waals surface area contributed by atoms with Crippen LogP contribution in [0.25, 0.3) is 0 Å². The maximum Gasteiger partial charge on any atom is 0.296 e. The fourth-order valence-electron chi connectivity index (χ4n) is 1.77. The van der Waals surface area contributed by atoms with Crippen LogP contribution in [0.1, 0.15) is 0 Å². The SMILES string of the molecule is COc1ccc(Nc2ccc([N+](=O)[O-])cc2S(=O)(=O)O)cc1. The van der Waals surface area contributed by atoms with E-state index in [0.717, 1.165) is 12.1 Å². The van der Waals surface area contributed by atoms with Crippen molar-refractivity contribution >= 4 is 27.2 Å². The Kier molecular flexibility index (Phi) is 4.29. The molecule has 116 valence electrons. The van der Waals surface area contributed by atoms with Crippen molar-refractivity contribution in [3.63, 3.8) is 0 Å². The zero-order chi connectivity index (χ0) is 16.3. The summed E-state index contributed by atoms with van der Waals surface area (Å²) < 4.78 is 37.0. The second-order valence-electron chi connectivity index (χ2n) is 4.27. The highest BCUT2D eigenvalue weighted by Gasteiger charge is 2.20. The lowest BCUT2D eigenvalue weighted by Gasteiger charge is -2.10. The van der Waals surface area contributed by atoms with E-state index in [-0.39, 0.29) is 5.69 Å². The number of ether oxygens (including phenoxy) is 1. The van der Waals surface area contributed by atoms with Gasteiger partial charge in [-0.25, -0.2) is 0 Å². The molecule has 2 N–H and O–H groups in total. The third-order valence-electron chi connectivity index (χ3n) is 2.82. The number of nitro groups is 1. The Labute approximate surface area is 126 Å². The van der Waals surface area contributed by atoms with E-state index >= 15 is 0 Å². The molecular weight excluding hydrogens is 312 g/mol. The minimum absolute atomic E-state index is 0.0262. The highest BCUT2D eigenvalue weighted by molar-refractivity contribution is 7.86. The highest BCUT2D eigenvalue weighted by Crippen LogP contribution is 2.29. The molecule has 8 nitrogen and oxygen atoms in total. The van der Waals surface area contributed by atoms with Crippen LogP contribution in [0.4, 0.5) is 17.1 Å². The van der Waals surface area contributed by atoms with Gasteiger partial charge in [-0.15, -0.1) is 0 Å². The summed E-state index contributed by atoms with van der Waals surface area (Å²) in [6.07, 6.45) is 0. The first-order chi connectivity index (χ1) is 10.3. The van der Waals surface area contributed by atoms with Crippen LogP contribution in [-0.2, 0) is 10.1 Å². The van der Waals surface area contributed by atoms with E-state index in [1.807, 2.05) is 0 Å². The molecule has 22 heavy (non-hydrogen) atoms. The van der Waals surface area contributed by atoms with Gasteiger partial charge >= 0.3 is 0 Å². The maximum atomic E-state index is 11.4. The molecule has 0 aliphatic carbocycles. The predicted molar refractivity (Wildman–Crippen MR) is 79.2 cm³/mol. The molecule has 0 spiro atoms. The van der Waals surface area contributed by atoms with Gasteiger partial charge in [0.1, 0.15) is 10.6 Å². The zero-order valence-corrected chi connectivity index (χ0v) is 12.2. The van der Waals surface area contributed by atoms with E-state index in [4.69, 9.17) is 4.74 Å².